The number of sulfonamides is 1. The van der Waals surface area contributed by atoms with E-state index in [9.17, 15) is 8.42 Å². The molecule has 18 heavy (non-hydrogen) atoms. The molecular formula is C9H7BrClN3O2S2. The van der Waals surface area contributed by atoms with Crippen molar-refractivity contribution in [3.05, 3.63) is 33.1 Å². The molecular weight excluding hydrogens is 362 g/mol. The molecule has 0 saturated heterocycles. The Bertz CT molecular complexity index is 670. The molecule has 96 valence electrons. The fourth-order valence-corrected chi connectivity index (χ4v) is 4.26. The molecule has 2 rings (SSSR count). The average molecular weight is 369 g/mol. The summed E-state index contributed by atoms with van der Waals surface area (Å²) in [5, 5.41) is 0. The van der Waals surface area contributed by atoms with Crippen LogP contribution in [0, 0.1) is 6.92 Å². The largest absolute Gasteiger partial charge is 0.277 e. The highest BCUT2D eigenvalue weighted by Crippen LogP contribution is 2.28. The van der Waals surface area contributed by atoms with Crippen molar-refractivity contribution in [1.29, 1.82) is 0 Å². The third-order valence-corrected chi connectivity index (χ3v) is 5.67. The van der Waals surface area contributed by atoms with Crippen molar-refractivity contribution in [2.45, 2.75) is 11.1 Å². The van der Waals surface area contributed by atoms with Crippen molar-refractivity contribution in [1.82, 2.24) is 9.97 Å². The second kappa shape index (κ2) is 5.12. The maximum absolute atomic E-state index is 12.1. The summed E-state index contributed by atoms with van der Waals surface area (Å²) in [6, 6.07) is 3.25. The average Bonchev–Trinajstić information content (AvgIpc) is 2.62. The summed E-state index contributed by atoms with van der Waals surface area (Å²) in [6.07, 6.45) is 1.42. The quantitative estimate of drug-likeness (QED) is 0.845. The highest BCUT2D eigenvalue weighted by Gasteiger charge is 2.21. The van der Waals surface area contributed by atoms with Gasteiger partial charge in [-0.2, -0.15) is 0 Å². The maximum Gasteiger partial charge on any atom is 0.273 e. The SMILES string of the molecule is Cc1nc(Cl)sc1S(=O)(=O)Nc1ccc(Br)nc1. The standard InChI is InChI=1S/C9H7BrClN3O2S2/c1-5-8(17-9(11)13-5)18(15,16)14-6-2-3-7(10)12-4-6/h2-4,14H,1H3. The predicted octanol–water partition coefficient (Wildman–Crippen LogP) is 3.06. The summed E-state index contributed by atoms with van der Waals surface area (Å²) < 4.78 is 27.5. The molecule has 0 bridgehead atoms. The molecule has 0 fully saturated rings. The lowest BCUT2D eigenvalue weighted by molar-refractivity contribution is 0.602. The first-order valence-corrected chi connectivity index (χ1v) is 8.13. The van der Waals surface area contributed by atoms with E-state index in [1.165, 1.54) is 6.20 Å². The first kappa shape index (κ1) is 13.7. The van der Waals surface area contributed by atoms with Crippen LogP contribution < -0.4 is 4.72 Å². The van der Waals surface area contributed by atoms with Crippen LogP contribution in [0.3, 0.4) is 0 Å². The normalized spacial score (nSPS) is 11.5. The summed E-state index contributed by atoms with van der Waals surface area (Å²) in [4.78, 5) is 7.81. The number of aromatic nitrogens is 2. The van der Waals surface area contributed by atoms with Crippen molar-refractivity contribution in [3.8, 4) is 0 Å². The Labute approximate surface area is 121 Å². The number of thiazole rings is 1. The first-order chi connectivity index (χ1) is 8.38. The van der Waals surface area contributed by atoms with Crippen LogP contribution in [0.15, 0.2) is 27.1 Å². The molecule has 0 spiro atoms. The smallest absolute Gasteiger partial charge is 0.273 e. The van der Waals surface area contributed by atoms with E-state index in [4.69, 9.17) is 11.6 Å². The molecule has 5 nitrogen and oxygen atoms in total. The molecule has 2 aromatic rings. The summed E-state index contributed by atoms with van der Waals surface area (Å²) >= 11 is 9.78. The zero-order chi connectivity index (χ0) is 13.3. The Hall–Kier alpha value is -0.700. The van der Waals surface area contributed by atoms with Crippen LogP contribution in [0.4, 0.5) is 5.69 Å². The van der Waals surface area contributed by atoms with Crippen LogP contribution in [0.1, 0.15) is 5.69 Å². The fraction of sp³-hybridized carbons (Fsp3) is 0.111. The van der Waals surface area contributed by atoms with Crippen LogP contribution in [0.5, 0.6) is 0 Å². The van der Waals surface area contributed by atoms with Gasteiger partial charge in [-0.05, 0) is 35.0 Å². The van der Waals surface area contributed by atoms with Crippen LogP contribution in [0.2, 0.25) is 4.47 Å². The van der Waals surface area contributed by atoms with Gasteiger partial charge in [-0.3, -0.25) is 4.72 Å². The molecule has 2 aromatic heterocycles. The Morgan fingerprint density at radius 1 is 1.44 bits per heavy atom. The van der Waals surface area contributed by atoms with Crippen molar-refractivity contribution in [2.24, 2.45) is 0 Å². The third-order valence-electron chi connectivity index (χ3n) is 1.95. The number of pyridine rings is 1. The Balaban J connectivity index is 2.33. The summed E-state index contributed by atoms with van der Waals surface area (Å²) in [5.41, 5.74) is 0.754. The number of nitrogens with zero attached hydrogens (tertiary/aromatic N) is 2. The van der Waals surface area contributed by atoms with Gasteiger partial charge >= 0.3 is 0 Å². The van der Waals surface area contributed by atoms with E-state index in [-0.39, 0.29) is 8.68 Å². The molecule has 0 saturated carbocycles. The molecule has 0 aromatic carbocycles. The molecule has 2 heterocycles. The lowest BCUT2D eigenvalue weighted by Crippen LogP contribution is -2.12. The van der Waals surface area contributed by atoms with Gasteiger partial charge in [-0.15, -0.1) is 0 Å². The Morgan fingerprint density at radius 2 is 2.17 bits per heavy atom. The Morgan fingerprint density at radius 3 is 2.67 bits per heavy atom. The van der Waals surface area contributed by atoms with Crippen molar-refractivity contribution >= 4 is 54.6 Å². The van der Waals surface area contributed by atoms with Gasteiger partial charge in [0.25, 0.3) is 10.0 Å². The number of halogens is 2. The van der Waals surface area contributed by atoms with Crippen LogP contribution in [-0.4, -0.2) is 18.4 Å². The molecule has 0 radical (unpaired) electrons. The number of anilines is 1. The molecule has 9 heteroatoms. The molecule has 1 N–H and O–H groups in total. The van der Waals surface area contributed by atoms with Gasteiger partial charge in [0.2, 0.25) is 0 Å². The highest BCUT2D eigenvalue weighted by atomic mass is 79.9. The lowest BCUT2D eigenvalue weighted by Gasteiger charge is -2.05. The molecule has 0 amide bonds. The second-order valence-corrected chi connectivity index (χ2v) is 7.59. The molecule has 0 unspecified atom stereocenters. The number of nitrogens with one attached hydrogen (secondary N) is 1. The van der Waals surface area contributed by atoms with Crippen molar-refractivity contribution in [2.75, 3.05) is 4.72 Å². The highest BCUT2D eigenvalue weighted by molar-refractivity contribution is 9.10. The van der Waals surface area contributed by atoms with Crippen LogP contribution in [0.25, 0.3) is 0 Å². The molecule has 0 atom stereocenters. The van der Waals surface area contributed by atoms with E-state index in [0.717, 1.165) is 11.3 Å². The van der Waals surface area contributed by atoms with Crippen LogP contribution in [-0.2, 0) is 10.0 Å². The second-order valence-electron chi connectivity index (χ2n) is 3.31. The Kier molecular flexibility index (Phi) is 3.90. The topological polar surface area (TPSA) is 72.0 Å². The molecule has 0 aliphatic heterocycles. The van der Waals surface area contributed by atoms with Gasteiger partial charge < -0.3 is 0 Å². The number of aryl methyl sites for hydroxylation is 1. The van der Waals surface area contributed by atoms with E-state index in [2.05, 4.69) is 30.6 Å². The van der Waals surface area contributed by atoms with Gasteiger partial charge in [-0.1, -0.05) is 22.9 Å². The minimum atomic E-state index is -3.67. The van der Waals surface area contributed by atoms with Gasteiger partial charge in [0, 0.05) is 0 Å². The van der Waals surface area contributed by atoms with Gasteiger partial charge in [-0.25, -0.2) is 18.4 Å². The van der Waals surface area contributed by atoms with E-state index in [1.54, 1.807) is 19.1 Å². The number of rotatable bonds is 3. The van der Waals surface area contributed by atoms with Gasteiger partial charge in [0.1, 0.15) is 4.60 Å². The fourth-order valence-electron chi connectivity index (χ4n) is 1.24. The van der Waals surface area contributed by atoms with Gasteiger partial charge in [0.05, 0.1) is 17.6 Å². The maximum atomic E-state index is 12.1. The molecule has 0 aliphatic rings. The minimum absolute atomic E-state index is 0.107. The van der Waals surface area contributed by atoms with Crippen molar-refractivity contribution in [3.63, 3.8) is 0 Å². The summed E-state index contributed by atoms with van der Waals surface area (Å²) in [5.74, 6) is 0. The van der Waals surface area contributed by atoms with E-state index >= 15 is 0 Å². The monoisotopic (exact) mass is 367 g/mol. The zero-order valence-electron chi connectivity index (χ0n) is 9.02. The predicted molar refractivity (Wildman–Crippen MR) is 74.6 cm³/mol. The van der Waals surface area contributed by atoms with E-state index < -0.39 is 10.0 Å². The van der Waals surface area contributed by atoms with Crippen LogP contribution >= 0.6 is 38.9 Å². The number of hydrogen-bond donors (Lipinski definition) is 1. The zero-order valence-corrected chi connectivity index (χ0v) is 13.0. The summed E-state index contributed by atoms with van der Waals surface area (Å²) in [7, 11) is -3.67. The first-order valence-electron chi connectivity index (χ1n) is 4.66. The van der Waals surface area contributed by atoms with E-state index in [0.29, 0.717) is 16.0 Å². The van der Waals surface area contributed by atoms with Gasteiger partial charge in [0.15, 0.2) is 8.68 Å². The van der Waals surface area contributed by atoms with Crippen molar-refractivity contribution < 1.29 is 8.42 Å². The minimum Gasteiger partial charge on any atom is -0.277 e. The van der Waals surface area contributed by atoms with E-state index in [1.807, 2.05) is 0 Å². The number of hydrogen-bond acceptors (Lipinski definition) is 5. The lowest BCUT2D eigenvalue weighted by atomic mass is 10.4. The third kappa shape index (κ3) is 3.00. The molecule has 0 aliphatic carbocycles. The summed E-state index contributed by atoms with van der Waals surface area (Å²) in [6.45, 7) is 1.59.